The number of nitrogens with two attached hydrogens (primary N) is 1. The van der Waals surface area contributed by atoms with Crippen molar-refractivity contribution in [1.82, 2.24) is 25.0 Å². The van der Waals surface area contributed by atoms with Gasteiger partial charge in [0.1, 0.15) is 14.3 Å². The molecule has 144 valence electrons. The van der Waals surface area contributed by atoms with E-state index in [-0.39, 0.29) is 73.2 Å². The van der Waals surface area contributed by atoms with Gasteiger partial charge >= 0.3 is 29.6 Å². The van der Waals surface area contributed by atoms with E-state index >= 15 is 0 Å². The number of nitrogens with one attached hydrogen (secondary N) is 2. The van der Waals surface area contributed by atoms with Crippen LogP contribution in [0.25, 0.3) is 11.2 Å². The molecule has 0 aliphatic heterocycles. The summed E-state index contributed by atoms with van der Waals surface area (Å²) in [4.78, 5) is 49.3. The summed E-state index contributed by atoms with van der Waals surface area (Å²) in [6.45, 7) is 1.51. The van der Waals surface area contributed by atoms with Crippen LogP contribution in [0.5, 0.6) is 0 Å². The van der Waals surface area contributed by atoms with Crippen molar-refractivity contribution in [3.05, 3.63) is 16.7 Å². The molecule has 13 nitrogen and oxygen atoms in total. The zero-order chi connectivity index (χ0) is 19.2. The van der Waals surface area contributed by atoms with E-state index in [9.17, 15) is 19.0 Å². The van der Waals surface area contributed by atoms with Gasteiger partial charge in [0.15, 0.2) is 11.2 Å². The first-order valence-corrected chi connectivity index (χ1v) is 9.19. The molecule has 2 aromatic rings. The summed E-state index contributed by atoms with van der Waals surface area (Å²) in [7, 11) is -4.20. The molecule has 0 saturated carbocycles. The Balaban J connectivity index is 0.00000364. The first kappa shape index (κ1) is 23.7. The number of aromatic amines is 1. The van der Waals surface area contributed by atoms with Crippen molar-refractivity contribution >= 4 is 30.6 Å². The van der Waals surface area contributed by atoms with E-state index in [2.05, 4.69) is 19.5 Å². The van der Waals surface area contributed by atoms with Gasteiger partial charge in [-0.05, 0) is 6.92 Å². The average Bonchev–Trinajstić information content (AvgIpc) is 2.93. The van der Waals surface area contributed by atoms with Crippen molar-refractivity contribution in [2.75, 3.05) is 31.7 Å². The van der Waals surface area contributed by atoms with Crippen LogP contribution in [0, 0.1) is 0 Å². The summed E-state index contributed by atoms with van der Waals surface area (Å²) in [6, 6.07) is 0. The summed E-state index contributed by atoms with van der Waals surface area (Å²) in [5.74, 6) is -0.894. The molecule has 1 amide bonds. The summed E-state index contributed by atoms with van der Waals surface area (Å²) < 4.78 is 22.5. The number of imidazole rings is 1. The number of carbonyl (C=O) groups excluding carboxylic acids is 1. The van der Waals surface area contributed by atoms with Crippen LogP contribution in [0.3, 0.4) is 0 Å². The van der Waals surface area contributed by atoms with E-state index in [0.717, 1.165) is 0 Å². The number of aromatic nitrogens is 4. The molecule has 2 heterocycles. The minimum atomic E-state index is -4.20. The number of amides is 1. The zero-order valence-electron chi connectivity index (χ0n) is 14.8. The van der Waals surface area contributed by atoms with Crippen molar-refractivity contribution in [3.63, 3.8) is 0 Å². The van der Waals surface area contributed by atoms with Crippen LogP contribution in [-0.4, -0.2) is 51.4 Å². The average molecular weight is 412 g/mol. The number of fused-ring (bicyclic) bond motifs is 1. The minimum Gasteiger partial charge on any atom is -0.778 e. The van der Waals surface area contributed by atoms with Crippen molar-refractivity contribution < 1.29 is 57.9 Å². The molecule has 0 radical (unpaired) electrons. The molecule has 2 aromatic heterocycles. The first-order chi connectivity index (χ1) is 12.3. The van der Waals surface area contributed by atoms with Crippen LogP contribution in [0.2, 0.25) is 0 Å². The normalized spacial score (nSPS) is 13.1. The van der Waals surface area contributed by atoms with Gasteiger partial charge in [0.05, 0.1) is 32.3 Å². The van der Waals surface area contributed by atoms with Crippen LogP contribution in [0.15, 0.2) is 11.1 Å². The molecule has 0 aliphatic carbocycles. The van der Waals surface area contributed by atoms with E-state index in [1.54, 1.807) is 0 Å². The van der Waals surface area contributed by atoms with E-state index in [1.165, 1.54) is 17.8 Å². The Hall–Kier alpha value is -1.31. The van der Waals surface area contributed by atoms with E-state index in [0.29, 0.717) is 0 Å². The van der Waals surface area contributed by atoms with E-state index in [1.807, 2.05) is 5.48 Å². The maximum absolute atomic E-state index is 11.6. The molecule has 0 saturated heterocycles. The topological polar surface area (TPSA) is 187 Å². The van der Waals surface area contributed by atoms with Gasteiger partial charge in [-0.15, -0.1) is 0 Å². The molecule has 15 heteroatoms. The van der Waals surface area contributed by atoms with Gasteiger partial charge < -0.3 is 24.5 Å². The second-order valence-electron chi connectivity index (χ2n) is 4.94. The number of H-pyrrole nitrogens is 1. The number of rotatable bonds is 10. The minimum absolute atomic E-state index is 0. The van der Waals surface area contributed by atoms with E-state index < -0.39 is 25.2 Å². The number of nitrogens with zero attached hydrogens (tertiary/aromatic N) is 3. The number of hydrogen-bond acceptors (Lipinski definition) is 10. The van der Waals surface area contributed by atoms with E-state index in [4.69, 9.17) is 15.3 Å². The van der Waals surface area contributed by atoms with Crippen molar-refractivity contribution in [2.24, 2.45) is 0 Å². The SMILES string of the molecule is CCOP(=O)([O-])CC(=O)NOCCOCn1cnc2c(=O)[nH]c(N)nc21.[Na+]. The Kier molecular flexibility index (Phi) is 9.56. The standard InChI is InChI=1S/C12H19N6O7P.Na/c1-2-25-26(21,22)5-8(19)17-24-4-3-23-7-18-6-14-9-10(18)15-12(13)16-11(9)20;/h6H,2-5,7H2,1H3,(H,17,19)(H,21,22)(H3,13,15,16,20);/q;+1/p-1. The second kappa shape index (κ2) is 10.9. The first-order valence-electron chi connectivity index (χ1n) is 7.46. The maximum Gasteiger partial charge on any atom is 1.00 e. The van der Waals surface area contributed by atoms with Crippen molar-refractivity contribution in [1.29, 1.82) is 0 Å². The Labute approximate surface area is 175 Å². The van der Waals surface area contributed by atoms with Gasteiger partial charge in [-0.25, -0.2) is 10.5 Å². The van der Waals surface area contributed by atoms with Crippen LogP contribution >= 0.6 is 7.60 Å². The van der Waals surface area contributed by atoms with Gasteiger partial charge in [0.25, 0.3) is 11.5 Å². The number of hydrogen-bond donors (Lipinski definition) is 3. The number of anilines is 1. The molecule has 4 N–H and O–H groups in total. The fourth-order valence-corrected chi connectivity index (χ4v) is 2.81. The fraction of sp³-hybridized carbons (Fsp3) is 0.500. The molecule has 0 fully saturated rings. The third kappa shape index (κ3) is 7.31. The largest absolute Gasteiger partial charge is 1.00 e. The predicted octanol–water partition coefficient (Wildman–Crippen LogP) is -4.68. The van der Waals surface area contributed by atoms with Gasteiger partial charge in [0.2, 0.25) is 5.95 Å². The molecule has 0 aromatic carbocycles. The summed E-state index contributed by atoms with van der Waals surface area (Å²) in [5.41, 5.74) is 7.38. The Morgan fingerprint density at radius 2 is 2.22 bits per heavy atom. The van der Waals surface area contributed by atoms with Crippen LogP contribution in [-0.2, 0) is 30.2 Å². The van der Waals surface area contributed by atoms with Crippen LogP contribution < -0.4 is 51.2 Å². The molecular weight excluding hydrogens is 394 g/mol. The molecule has 2 rings (SSSR count). The number of nitrogen functional groups attached to an aromatic ring is 1. The Morgan fingerprint density at radius 1 is 1.48 bits per heavy atom. The number of carbonyl (C=O) groups is 1. The number of ether oxygens (including phenoxy) is 1. The third-order valence-electron chi connectivity index (χ3n) is 2.90. The predicted molar refractivity (Wildman–Crippen MR) is 86.7 cm³/mol. The van der Waals surface area contributed by atoms with Crippen molar-refractivity contribution in [3.8, 4) is 0 Å². The van der Waals surface area contributed by atoms with Crippen LogP contribution in [0.1, 0.15) is 6.92 Å². The molecule has 0 bridgehead atoms. The fourth-order valence-electron chi connectivity index (χ4n) is 1.91. The molecular formula is C12H18N6NaO7P. The smallest absolute Gasteiger partial charge is 0.778 e. The van der Waals surface area contributed by atoms with Crippen LogP contribution in [0.4, 0.5) is 5.95 Å². The quantitative estimate of drug-likeness (QED) is 0.148. The molecule has 0 spiro atoms. The maximum atomic E-state index is 11.6. The Bertz CT molecular complexity index is 872. The third-order valence-corrected chi connectivity index (χ3v) is 4.23. The zero-order valence-corrected chi connectivity index (χ0v) is 17.7. The molecule has 1 unspecified atom stereocenters. The van der Waals surface area contributed by atoms with Gasteiger partial charge in [-0.2, -0.15) is 4.98 Å². The molecule has 27 heavy (non-hydrogen) atoms. The Morgan fingerprint density at radius 3 is 2.93 bits per heavy atom. The van der Waals surface area contributed by atoms with Gasteiger partial charge in [-0.3, -0.25) is 24.0 Å². The monoisotopic (exact) mass is 412 g/mol. The van der Waals surface area contributed by atoms with Gasteiger partial charge in [-0.1, -0.05) is 0 Å². The summed E-state index contributed by atoms with van der Waals surface area (Å²) >= 11 is 0. The second-order valence-corrected chi connectivity index (χ2v) is 6.73. The summed E-state index contributed by atoms with van der Waals surface area (Å²) in [6.07, 6.45) is 0.554. The number of hydroxylamine groups is 1. The van der Waals surface area contributed by atoms with Gasteiger partial charge in [0, 0.05) is 0 Å². The molecule has 1 atom stereocenters. The molecule has 0 aliphatic rings. The van der Waals surface area contributed by atoms with Crippen molar-refractivity contribution in [2.45, 2.75) is 13.7 Å². The summed E-state index contributed by atoms with van der Waals surface area (Å²) in [5, 5.41) is 0.